The summed E-state index contributed by atoms with van der Waals surface area (Å²) in [5.41, 5.74) is 0. The van der Waals surface area contributed by atoms with E-state index in [1.807, 2.05) is 0 Å². The predicted octanol–water partition coefficient (Wildman–Crippen LogP) is 1.10. The van der Waals surface area contributed by atoms with E-state index in [-0.39, 0.29) is 0 Å². The number of nitrogens with one attached hydrogen (secondary N) is 1. The fraction of sp³-hybridized carbons (Fsp3) is 0.846. The second-order valence-corrected chi connectivity index (χ2v) is 5.23. The smallest absolute Gasteiger partial charge is 0.294 e. The highest BCUT2D eigenvalue weighted by Crippen LogP contribution is 2.17. The first-order valence-corrected chi connectivity index (χ1v) is 7.98. The Morgan fingerprint density at radius 2 is 1.71 bits per heavy atom. The van der Waals surface area contributed by atoms with Crippen molar-refractivity contribution in [1.82, 2.24) is 15.5 Å². The van der Waals surface area contributed by atoms with Crippen LogP contribution in [-0.4, -0.2) is 63.5 Å². The number of nitrogens with zero attached hydrogens (tertiary/aromatic N) is 2. The van der Waals surface area contributed by atoms with E-state index < -0.39 is 0 Å². The van der Waals surface area contributed by atoms with E-state index in [1.54, 1.807) is 7.11 Å². The average Bonchev–Trinajstić information content (AvgIpc) is 2.94. The molecule has 1 heterocycles. The minimum Gasteiger partial charge on any atom is -0.466 e. The molecular formula is C13H25N3O4S. The van der Waals surface area contributed by atoms with Gasteiger partial charge in [-0.25, -0.2) is 0 Å². The van der Waals surface area contributed by atoms with E-state index in [4.69, 9.17) is 18.9 Å². The maximum absolute atomic E-state index is 5.47. The van der Waals surface area contributed by atoms with E-state index >= 15 is 0 Å². The molecule has 21 heavy (non-hydrogen) atoms. The molecule has 0 fully saturated rings. The summed E-state index contributed by atoms with van der Waals surface area (Å²) in [5, 5.41) is 12.8. The number of rotatable bonds is 14. The zero-order chi connectivity index (χ0) is 15.2. The van der Waals surface area contributed by atoms with E-state index in [0.717, 1.165) is 24.5 Å². The maximum atomic E-state index is 5.47. The summed E-state index contributed by atoms with van der Waals surface area (Å²) in [7, 11) is 1.65. The fourth-order valence-corrected chi connectivity index (χ4v) is 2.07. The predicted molar refractivity (Wildman–Crippen MR) is 80.9 cm³/mol. The molecule has 0 radical (unpaired) electrons. The summed E-state index contributed by atoms with van der Waals surface area (Å²) < 4.78 is 21.0. The third-order valence-electron chi connectivity index (χ3n) is 2.41. The van der Waals surface area contributed by atoms with Gasteiger partial charge in [-0.15, -0.1) is 10.2 Å². The van der Waals surface area contributed by atoms with Crippen molar-refractivity contribution in [3.8, 4) is 5.19 Å². The number of aromatic nitrogens is 2. The van der Waals surface area contributed by atoms with Gasteiger partial charge in [0.05, 0.1) is 33.0 Å². The van der Waals surface area contributed by atoms with Crippen LogP contribution in [0.2, 0.25) is 0 Å². The summed E-state index contributed by atoms with van der Waals surface area (Å²) in [6.07, 6.45) is 1.11. The van der Waals surface area contributed by atoms with E-state index in [0.29, 0.717) is 44.8 Å². The second kappa shape index (κ2) is 12.9. The van der Waals surface area contributed by atoms with Crippen LogP contribution in [-0.2, 0) is 20.8 Å². The van der Waals surface area contributed by atoms with Crippen molar-refractivity contribution in [1.29, 1.82) is 0 Å². The Bertz CT molecular complexity index is 352. The van der Waals surface area contributed by atoms with Crippen LogP contribution in [0.1, 0.15) is 18.4 Å². The molecule has 0 aromatic carbocycles. The van der Waals surface area contributed by atoms with Crippen molar-refractivity contribution in [2.45, 2.75) is 19.9 Å². The highest BCUT2D eigenvalue weighted by Gasteiger charge is 2.04. The van der Waals surface area contributed by atoms with Gasteiger partial charge in [0.25, 0.3) is 5.19 Å². The van der Waals surface area contributed by atoms with Crippen molar-refractivity contribution in [3.63, 3.8) is 0 Å². The third-order valence-corrected chi connectivity index (χ3v) is 3.24. The van der Waals surface area contributed by atoms with Crippen LogP contribution >= 0.6 is 11.3 Å². The van der Waals surface area contributed by atoms with Crippen LogP contribution in [0.3, 0.4) is 0 Å². The zero-order valence-corrected chi connectivity index (χ0v) is 13.6. The molecule has 0 bridgehead atoms. The number of hydrogen-bond acceptors (Lipinski definition) is 8. The van der Waals surface area contributed by atoms with E-state index in [1.165, 1.54) is 11.3 Å². The average molecular weight is 319 g/mol. The lowest BCUT2D eigenvalue weighted by atomic mass is 10.5. The Labute approximate surface area is 129 Å². The molecule has 0 amide bonds. The Hall–Kier alpha value is -0.800. The van der Waals surface area contributed by atoms with Gasteiger partial charge in [-0.05, 0) is 13.0 Å². The largest absolute Gasteiger partial charge is 0.466 e. The SMILES string of the molecule is CCCNCc1nnc(OCCOCCOCCOC)s1. The lowest BCUT2D eigenvalue weighted by molar-refractivity contribution is 0.0179. The second-order valence-electron chi connectivity index (χ2n) is 4.20. The Balaban J connectivity index is 1.95. The molecule has 8 heteroatoms. The monoisotopic (exact) mass is 319 g/mol. The summed E-state index contributed by atoms with van der Waals surface area (Å²) in [5.74, 6) is 0. The first-order chi connectivity index (χ1) is 10.4. The minimum atomic E-state index is 0.467. The lowest BCUT2D eigenvalue weighted by Crippen LogP contribution is -2.13. The molecule has 0 saturated carbocycles. The number of methoxy groups -OCH3 is 1. The molecular weight excluding hydrogens is 294 g/mol. The van der Waals surface area contributed by atoms with Gasteiger partial charge < -0.3 is 24.3 Å². The van der Waals surface area contributed by atoms with Gasteiger partial charge in [-0.3, -0.25) is 0 Å². The van der Waals surface area contributed by atoms with Crippen LogP contribution in [0.5, 0.6) is 5.19 Å². The minimum absolute atomic E-state index is 0.467. The molecule has 0 aliphatic heterocycles. The molecule has 1 aromatic heterocycles. The van der Waals surface area contributed by atoms with E-state index in [2.05, 4.69) is 22.4 Å². The summed E-state index contributed by atoms with van der Waals surface area (Å²) in [6.45, 7) is 7.15. The van der Waals surface area contributed by atoms with Crippen molar-refractivity contribution in [2.75, 3.05) is 53.3 Å². The van der Waals surface area contributed by atoms with Crippen LogP contribution < -0.4 is 10.1 Å². The molecule has 0 aliphatic carbocycles. The molecule has 7 nitrogen and oxygen atoms in total. The molecule has 0 atom stereocenters. The van der Waals surface area contributed by atoms with Gasteiger partial charge in [-0.1, -0.05) is 18.3 Å². The lowest BCUT2D eigenvalue weighted by Gasteiger charge is -2.05. The molecule has 0 unspecified atom stereocenters. The van der Waals surface area contributed by atoms with Gasteiger partial charge in [0.2, 0.25) is 0 Å². The molecule has 0 saturated heterocycles. The van der Waals surface area contributed by atoms with Gasteiger partial charge >= 0.3 is 0 Å². The molecule has 122 valence electrons. The number of ether oxygens (including phenoxy) is 4. The standard InChI is InChI=1S/C13H25N3O4S/c1-3-4-14-11-12-15-16-13(21-12)20-10-9-19-8-7-18-6-5-17-2/h14H,3-11H2,1-2H3. The molecule has 0 spiro atoms. The third kappa shape index (κ3) is 9.70. The summed E-state index contributed by atoms with van der Waals surface area (Å²) in [4.78, 5) is 0. The van der Waals surface area contributed by atoms with Crippen molar-refractivity contribution in [2.24, 2.45) is 0 Å². The Kier molecular flexibility index (Phi) is 11.2. The summed E-state index contributed by atoms with van der Waals surface area (Å²) >= 11 is 1.46. The molecule has 0 aliphatic rings. The fourth-order valence-electron chi connectivity index (χ4n) is 1.39. The van der Waals surface area contributed by atoms with Gasteiger partial charge in [0.1, 0.15) is 11.6 Å². The zero-order valence-electron chi connectivity index (χ0n) is 12.8. The van der Waals surface area contributed by atoms with Crippen molar-refractivity contribution in [3.05, 3.63) is 5.01 Å². The van der Waals surface area contributed by atoms with E-state index in [9.17, 15) is 0 Å². The van der Waals surface area contributed by atoms with Crippen LogP contribution in [0.25, 0.3) is 0 Å². The molecule has 1 N–H and O–H groups in total. The first-order valence-electron chi connectivity index (χ1n) is 7.17. The maximum Gasteiger partial charge on any atom is 0.294 e. The van der Waals surface area contributed by atoms with Crippen molar-refractivity contribution >= 4 is 11.3 Å². The normalized spacial score (nSPS) is 11.0. The van der Waals surface area contributed by atoms with Crippen LogP contribution in [0.4, 0.5) is 0 Å². The number of hydrogen-bond donors (Lipinski definition) is 1. The van der Waals surface area contributed by atoms with Crippen LogP contribution in [0.15, 0.2) is 0 Å². The summed E-state index contributed by atoms with van der Waals surface area (Å²) in [6, 6.07) is 0. The van der Waals surface area contributed by atoms with Gasteiger partial charge in [-0.2, -0.15) is 0 Å². The Morgan fingerprint density at radius 3 is 2.43 bits per heavy atom. The molecule has 1 aromatic rings. The van der Waals surface area contributed by atoms with Gasteiger partial charge in [0.15, 0.2) is 0 Å². The Morgan fingerprint density at radius 1 is 1.00 bits per heavy atom. The first kappa shape index (κ1) is 18.2. The highest BCUT2D eigenvalue weighted by atomic mass is 32.1. The van der Waals surface area contributed by atoms with Gasteiger partial charge in [0, 0.05) is 13.7 Å². The van der Waals surface area contributed by atoms with Crippen molar-refractivity contribution < 1.29 is 18.9 Å². The molecule has 1 rings (SSSR count). The van der Waals surface area contributed by atoms with Crippen LogP contribution in [0, 0.1) is 0 Å². The quantitative estimate of drug-likeness (QED) is 0.515. The topological polar surface area (TPSA) is 74.7 Å². The highest BCUT2D eigenvalue weighted by molar-refractivity contribution is 7.13.